The normalized spacial score (nSPS) is 19.7. The fraction of sp³-hybridized carbons (Fsp3) is 0.500. The van der Waals surface area contributed by atoms with Crippen molar-refractivity contribution >= 4 is 27.6 Å². The zero-order valence-electron chi connectivity index (χ0n) is 10.9. The topological polar surface area (TPSA) is 32.3 Å². The molecule has 18 heavy (non-hydrogen) atoms. The standard InChI is InChI=1S/C14H19BrN2O/c1-10-4-3-7-17(9-10)14(18)16-12-6-5-11(2)13(15)8-12/h5-6,8,10H,3-4,7,9H2,1-2H3,(H,16,18). The van der Waals surface area contributed by atoms with Crippen LogP contribution in [0.3, 0.4) is 0 Å². The largest absolute Gasteiger partial charge is 0.324 e. The lowest BCUT2D eigenvalue weighted by atomic mass is 10.0. The Labute approximate surface area is 117 Å². The Hall–Kier alpha value is -1.03. The molecule has 1 aromatic carbocycles. The fourth-order valence-electron chi connectivity index (χ4n) is 2.25. The quantitative estimate of drug-likeness (QED) is 0.834. The van der Waals surface area contributed by atoms with Gasteiger partial charge in [-0.25, -0.2) is 4.79 Å². The minimum absolute atomic E-state index is 0.0114. The van der Waals surface area contributed by atoms with Crippen molar-refractivity contribution in [2.24, 2.45) is 5.92 Å². The van der Waals surface area contributed by atoms with Gasteiger partial charge in [0.15, 0.2) is 0 Å². The van der Waals surface area contributed by atoms with Crippen LogP contribution in [0.1, 0.15) is 25.3 Å². The van der Waals surface area contributed by atoms with Crippen LogP contribution in [0.4, 0.5) is 10.5 Å². The number of benzene rings is 1. The minimum atomic E-state index is 0.0114. The molecule has 1 aliphatic rings. The Morgan fingerprint density at radius 3 is 2.94 bits per heavy atom. The molecule has 3 nitrogen and oxygen atoms in total. The van der Waals surface area contributed by atoms with Gasteiger partial charge in [-0.2, -0.15) is 0 Å². The number of likely N-dealkylation sites (tertiary alicyclic amines) is 1. The molecule has 1 aliphatic heterocycles. The molecule has 1 saturated heterocycles. The van der Waals surface area contributed by atoms with Gasteiger partial charge in [0.1, 0.15) is 0 Å². The van der Waals surface area contributed by atoms with Gasteiger partial charge in [0.05, 0.1) is 0 Å². The van der Waals surface area contributed by atoms with E-state index in [-0.39, 0.29) is 6.03 Å². The Morgan fingerprint density at radius 2 is 2.28 bits per heavy atom. The summed E-state index contributed by atoms with van der Waals surface area (Å²) < 4.78 is 1.02. The van der Waals surface area contributed by atoms with Crippen molar-refractivity contribution in [3.05, 3.63) is 28.2 Å². The van der Waals surface area contributed by atoms with E-state index in [2.05, 4.69) is 28.2 Å². The lowest BCUT2D eigenvalue weighted by Gasteiger charge is -2.31. The number of hydrogen-bond donors (Lipinski definition) is 1. The van der Waals surface area contributed by atoms with Gasteiger partial charge in [0.25, 0.3) is 0 Å². The average Bonchev–Trinajstić information content (AvgIpc) is 2.34. The highest BCUT2D eigenvalue weighted by Crippen LogP contribution is 2.22. The summed E-state index contributed by atoms with van der Waals surface area (Å²) in [5.74, 6) is 0.606. The van der Waals surface area contributed by atoms with Crippen molar-refractivity contribution in [3.8, 4) is 0 Å². The molecule has 98 valence electrons. The second-order valence-corrected chi connectivity index (χ2v) is 5.94. The van der Waals surface area contributed by atoms with E-state index in [0.29, 0.717) is 5.92 Å². The molecule has 0 aromatic heterocycles. The molecule has 2 rings (SSSR count). The Kier molecular flexibility index (Phi) is 4.27. The first-order chi connectivity index (χ1) is 8.56. The number of hydrogen-bond acceptors (Lipinski definition) is 1. The molecule has 1 aromatic rings. The number of amides is 2. The molecule has 1 atom stereocenters. The summed E-state index contributed by atoms with van der Waals surface area (Å²) in [5, 5.41) is 2.96. The van der Waals surface area contributed by atoms with Gasteiger partial charge < -0.3 is 10.2 Å². The molecule has 2 amide bonds. The second-order valence-electron chi connectivity index (χ2n) is 5.09. The van der Waals surface area contributed by atoms with Crippen molar-refractivity contribution in [1.29, 1.82) is 0 Å². The van der Waals surface area contributed by atoms with Crippen LogP contribution < -0.4 is 5.32 Å². The summed E-state index contributed by atoms with van der Waals surface area (Å²) in [6.45, 7) is 5.95. The van der Waals surface area contributed by atoms with E-state index in [1.54, 1.807) is 0 Å². The van der Waals surface area contributed by atoms with Crippen LogP contribution in [-0.4, -0.2) is 24.0 Å². The summed E-state index contributed by atoms with van der Waals surface area (Å²) in [7, 11) is 0. The lowest BCUT2D eigenvalue weighted by Crippen LogP contribution is -2.41. The number of rotatable bonds is 1. The van der Waals surface area contributed by atoms with Gasteiger partial charge >= 0.3 is 6.03 Å². The average molecular weight is 311 g/mol. The first-order valence-electron chi connectivity index (χ1n) is 6.38. The number of piperidine rings is 1. The van der Waals surface area contributed by atoms with Gasteiger partial charge in [-0.1, -0.05) is 28.9 Å². The van der Waals surface area contributed by atoms with E-state index in [0.717, 1.165) is 29.7 Å². The summed E-state index contributed by atoms with van der Waals surface area (Å²) in [6.07, 6.45) is 2.33. The predicted octanol–water partition coefficient (Wildman–Crippen LogP) is 4.02. The van der Waals surface area contributed by atoms with E-state index in [1.807, 2.05) is 30.0 Å². The van der Waals surface area contributed by atoms with Gasteiger partial charge in [0.2, 0.25) is 0 Å². The Morgan fingerprint density at radius 1 is 1.50 bits per heavy atom. The van der Waals surface area contributed by atoms with Crippen molar-refractivity contribution in [3.63, 3.8) is 0 Å². The summed E-state index contributed by atoms with van der Waals surface area (Å²) >= 11 is 3.48. The number of carbonyl (C=O) groups is 1. The van der Waals surface area contributed by atoms with Crippen LogP contribution >= 0.6 is 15.9 Å². The molecule has 1 N–H and O–H groups in total. The number of nitrogens with one attached hydrogen (secondary N) is 1. The van der Waals surface area contributed by atoms with E-state index in [9.17, 15) is 4.79 Å². The summed E-state index contributed by atoms with van der Waals surface area (Å²) in [5.41, 5.74) is 2.01. The van der Waals surface area contributed by atoms with E-state index in [4.69, 9.17) is 0 Å². The maximum atomic E-state index is 12.1. The van der Waals surface area contributed by atoms with Gasteiger partial charge in [-0.15, -0.1) is 0 Å². The highest BCUT2D eigenvalue weighted by molar-refractivity contribution is 9.10. The first-order valence-corrected chi connectivity index (χ1v) is 7.17. The van der Waals surface area contributed by atoms with E-state index in [1.165, 1.54) is 12.0 Å². The molecule has 0 spiro atoms. The molecule has 0 aliphatic carbocycles. The van der Waals surface area contributed by atoms with Gasteiger partial charge in [-0.3, -0.25) is 0 Å². The second kappa shape index (κ2) is 5.74. The zero-order valence-corrected chi connectivity index (χ0v) is 12.5. The van der Waals surface area contributed by atoms with Crippen molar-refractivity contribution in [2.45, 2.75) is 26.7 Å². The Bertz CT molecular complexity index is 447. The number of carbonyl (C=O) groups excluding carboxylic acids is 1. The third kappa shape index (κ3) is 3.25. The van der Waals surface area contributed by atoms with Crippen molar-refractivity contribution in [1.82, 2.24) is 4.90 Å². The molecular formula is C14H19BrN2O. The summed E-state index contributed by atoms with van der Waals surface area (Å²) in [6, 6.07) is 5.89. The van der Waals surface area contributed by atoms with Gasteiger partial charge in [0, 0.05) is 23.2 Å². The number of urea groups is 1. The number of nitrogens with zero attached hydrogens (tertiary/aromatic N) is 1. The first kappa shape index (κ1) is 13.4. The SMILES string of the molecule is Cc1ccc(NC(=O)N2CCCC(C)C2)cc1Br. The van der Waals surface area contributed by atoms with E-state index < -0.39 is 0 Å². The van der Waals surface area contributed by atoms with Crippen LogP contribution in [0, 0.1) is 12.8 Å². The van der Waals surface area contributed by atoms with Crippen LogP contribution in [-0.2, 0) is 0 Å². The van der Waals surface area contributed by atoms with Crippen molar-refractivity contribution in [2.75, 3.05) is 18.4 Å². The van der Waals surface area contributed by atoms with Crippen LogP contribution in [0.25, 0.3) is 0 Å². The number of anilines is 1. The fourth-order valence-corrected chi connectivity index (χ4v) is 2.63. The van der Waals surface area contributed by atoms with E-state index >= 15 is 0 Å². The smallest absolute Gasteiger partial charge is 0.321 e. The third-order valence-corrected chi connectivity index (χ3v) is 4.22. The monoisotopic (exact) mass is 310 g/mol. The molecule has 4 heteroatoms. The molecule has 0 bridgehead atoms. The maximum absolute atomic E-state index is 12.1. The molecule has 1 heterocycles. The third-order valence-electron chi connectivity index (χ3n) is 3.37. The van der Waals surface area contributed by atoms with Crippen LogP contribution in [0.15, 0.2) is 22.7 Å². The lowest BCUT2D eigenvalue weighted by molar-refractivity contribution is 0.182. The highest BCUT2D eigenvalue weighted by atomic mass is 79.9. The molecule has 0 radical (unpaired) electrons. The minimum Gasteiger partial charge on any atom is -0.324 e. The number of halogens is 1. The highest BCUT2D eigenvalue weighted by Gasteiger charge is 2.20. The van der Waals surface area contributed by atoms with Gasteiger partial charge in [-0.05, 0) is 43.4 Å². The van der Waals surface area contributed by atoms with Crippen molar-refractivity contribution < 1.29 is 4.79 Å². The van der Waals surface area contributed by atoms with Crippen LogP contribution in [0.2, 0.25) is 0 Å². The number of aryl methyl sites for hydroxylation is 1. The molecular weight excluding hydrogens is 292 g/mol. The zero-order chi connectivity index (χ0) is 13.1. The van der Waals surface area contributed by atoms with Crippen LogP contribution in [0.5, 0.6) is 0 Å². The maximum Gasteiger partial charge on any atom is 0.321 e. The predicted molar refractivity (Wildman–Crippen MR) is 77.9 cm³/mol. The molecule has 0 saturated carbocycles. The summed E-state index contributed by atoms with van der Waals surface area (Å²) in [4.78, 5) is 14.0. The molecule has 1 fully saturated rings. The molecule has 1 unspecified atom stereocenters. The Balaban J connectivity index is 2.00.